The minimum Gasteiger partial charge on any atom is -0.369 e. The van der Waals surface area contributed by atoms with Crippen molar-refractivity contribution >= 4 is 17.0 Å². The summed E-state index contributed by atoms with van der Waals surface area (Å²) in [4.78, 5) is 20.5. The highest BCUT2D eigenvalue weighted by Crippen LogP contribution is 2.10. The lowest BCUT2D eigenvalue weighted by molar-refractivity contribution is 1.08. The maximum atomic E-state index is 11.4. The molecule has 68 valence electrons. The van der Waals surface area contributed by atoms with Gasteiger partial charge < -0.3 is 16.5 Å². The minimum absolute atomic E-state index is 0.0999. The fourth-order valence-electron chi connectivity index (χ4n) is 1.28. The third kappa shape index (κ3) is 1.07. The van der Waals surface area contributed by atoms with Gasteiger partial charge >= 0.3 is 0 Å². The number of anilines is 1. The lowest BCUT2D eigenvalue weighted by atomic mass is 10.2. The molecule has 0 aliphatic carbocycles. The zero-order chi connectivity index (χ0) is 9.42. The van der Waals surface area contributed by atoms with Crippen LogP contribution >= 0.6 is 0 Å². The number of hydrogen-bond donors (Lipinski definition) is 4. The van der Waals surface area contributed by atoms with Crippen LogP contribution < -0.4 is 17.0 Å². The molecule has 0 aliphatic rings. The molecule has 0 saturated heterocycles. The zero-order valence-electron chi connectivity index (χ0n) is 6.79. The second-order valence-corrected chi connectivity index (χ2v) is 2.69. The van der Waals surface area contributed by atoms with E-state index in [1.165, 1.54) is 0 Å². The highest BCUT2D eigenvalue weighted by molar-refractivity contribution is 5.79. The number of nitrogens with zero attached hydrogens (tertiary/aromatic N) is 1. The van der Waals surface area contributed by atoms with Gasteiger partial charge in [0.15, 0.2) is 0 Å². The predicted octanol–water partition coefficient (Wildman–Crippen LogP) is -0.708. The standard InChI is InChI=1S/C7H9N5O/c8-1-3-2-10-5-4(3)6(13)12-7(9)11-5/h2H,1,8H2,(H4,9,10,11,12,13). The second-order valence-electron chi connectivity index (χ2n) is 2.69. The smallest absolute Gasteiger partial charge is 0.262 e. The molecule has 2 aromatic heterocycles. The Kier molecular flexibility index (Phi) is 1.56. The number of fused-ring (bicyclic) bond motifs is 1. The van der Waals surface area contributed by atoms with Crippen LogP contribution in [0.15, 0.2) is 11.0 Å². The van der Waals surface area contributed by atoms with Crippen LogP contribution in [0.3, 0.4) is 0 Å². The first-order valence-electron chi connectivity index (χ1n) is 3.78. The lowest BCUT2D eigenvalue weighted by Gasteiger charge is -1.93. The molecule has 6 heteroatoms. The SMILES string of the molecule is NCc1c[nH]c2nc(N)[nH]c(=O)c12. The largest absolute Gasteiger partial charge is 0.369 e. The van der Waals surface area contributed by atoms with E-state index in [2.05, 4.69) is 15.0 Å². The first-order valence-corrected chi connectivity index (χ1v) is 3.78. The van der Waals surface area contributed by atoms with Crippen molar-refractivity contribution in [1.82, 2.24) is 15.0 Å². The summed E-state index contributed by atoms with van der Waals surface area (Å²) in [6, 6.07) is 0. The molecule has 0 amide bonds. The van der Waals surface area contributed by atoms with E-state index < -0.39 is 0 Å². The molecular weight excluding hydrogens is 170 g/mol. The number of hydrogen-bond acceptors (Lipinski definition) is 4. The van der Waals surface area contributed by atoms with E-state index in [1.807, 2.05) is 0 Å². The van der Waals surface area contributed by atoms with E-state index in [-0.39, 0.29) is 11.5 Å². The zero-order valence-corrected chi connectivity index (χ0v) is 6.79. The summed E-state index contributed by atoms with van der Waals surface area (Å²) in [5, 5.41) is 0.483. The number of aromatic nitrogens is 3. The molecular formula is C7H9N5O. The second kappa shape index (κ2) is 2.60. The first kappa shape index (κ1) is 7.81. The van der Waals surface area contributed by atoms with Crippen molar-refractivity contribution in [2.24, 2.45) is 5.73 Å². The number of nitrogens with one attached hydrogen (secondary N) is 2. The van der Waals surface area contributed by atoms with Gasteiger partial charge in [0, 0.05) is 12.7 Å². The highest BCUT2D eigenvalue weighted by atomic mass is 16.1. The van der Waals surface area contributed by atoms with Crippen LogP contribution in [-0.4, -0.2) is 15.0 Å². The molecule has 0 saturated carbocycles. The van der Waals surface area contributed by atoms with E-state index in [4.69, 9.17) is 11.5 Å². The Balaban J connectivity index is 2.90. The molecule has 2 rings (SSSR count). The summed E-state index contributed by atoms with van der Waals surface area (Å²) in [5.74, 6) is 0.0999. The van der Waals surface area contributed by atoms with Crippen LogP contribution in [0, 0.1) is 0 Å². The quantitative estimate of drug-likeness (QED) is 0.463. The van der Waals surface area contributed by atoms with Crippen molar-refractivity contribution in [1.29, 1.82) is 0 Å². The van der Waals surface area contributed by atoms with Crippen LogP contribution in [0.1, 0.15) is 5.56 Å². The fraction of sp³-hybridized carbons (Fsp3) is 0.143. The molecule has 0 atom stereocenters. The van der Waals surface area contributed by atoms with E-state index in [9.17, 15) is 4.79 Å². The average molecular weight is 179 g/mol. The molecule has 2 heterocycles. The highest BCUT2D eigenvalue weighted by Gasteiger charge is 2.07. The number of nitrogen functional groups attached to an aromatic ring is 1. The van der Waals surface area contributed by atoms with Gasteiger partial charge in [-0.3, -0.25) is 9.78 Å². The molecule has 0 spiro atoms. The number of rotatable bonds is 1. The van der Waals surface area contributed by atoms with Crippen molar-refractivity contribution in [2.45, 2.75) is 6.54 Å². The third-order valence-electron chi connectivity index (χ3n) is 1.86. The molecule has 13 heavy (non-hydrogen) atoms. The maximum absolute atomic E-state index is 11.4. The molecule has 0 bridgehead atoms. The average Bonchev–Trinajstić information content (AvgIpc) is 2.47. The molecule has 0 aromatic carbocycles. The molecule has 0 fully saturated rings. The summed E-state index contributed by atoms with van der Waals surface area (Å²) < 4.78 is 0. The van der Waals surface area contributed by atoms with E-state index in [0.717, 1.165) is 5.56 Å². The van der Waals surface area contributed by atoms with Gasteiger partial charge in [0.05, 0.1) is 5.39 Å². The van der Waals surface area contributed by atoms with Crippen LogP contribution in [0.25, 0.3) is 11.0 Å². The molecule has 0 aliphatic heterocycles. The van der Waals surface area contributed by atoms with Gasteiger partial charge in [-0.1, -0.05) is 0 Å². The molecule has 6 N–H and O–H groups in total. The van der Waals surface area contributed by atoms with Gasteiger partial charge in [0.25, 0.3) is 5.56 Å². The first-order chi connectivity index (χ1) is 6.22. The predicted molar refractivity (Wildman–Crippen MR) is 49.0 cm³/mol. The van der Waals surface area contributed by atoms with Crippen LogP contribution in [0.2, 0.25) is 0 Å². The van der Waals surface area contributed by atoms with Crippen molar-refractivity contribution < 1.29 is 0 Å². The Morgan fingerprint density at radius 3 is 3.00 bits per heavy atom. The summed E-state index contributed by atoms with van der Waals surface area (Å²) in [6.45, 7) is 0.300. The molecule has 6 nitrogen and oxygen atoms in total. The Morgan fingerprint density at radius 2 is 2.31 bits per heavy atom. The summed E-state index contributed by atoms with van der Waals surface area (Å²) in [5.41, 5.74) is 11.7. The van der Waals surface area contributed by atoms with Gasteiger partial charge in [0.2, 0.25) is 5.95 Å². The maximum Gasteiger partial charge on any atom is 0.262 e. The van der Waals surface area contributed by atoms with Gasteiger partial charge in [-0.25, -0.2) is 0 Å². The van der Waals surface area contributed by atoms with E-state index >= 15 is 0 Å². The lowest BCUT2D eigenvalue weighted by Crippen LogP contribution is -2.12. The Morgan fingerprint density at radius 1 is 1.54 bits per heavy atom. The van der Waals surface area contributed by atoms with E-state index in [1.54, 1.807) is 6.20 Å². The van der Waals surface area contributed by atoms with Gasteiger partial charge in [0.1, 0.15) is 5.65 Å². The Hall–Kier alpha value is -1.82. The number of aromatic amines is 2. The van der Waals surface area contributed by atoms with Crippen LogP contribution in [0.4, 0.5) is 5.95 Å². The van der Waals surface area contributed by atoms with Crippen LogP contribution in [-0.2, 0) is 6.54 Å². The Bertz CT molecular complexity index is 497. The summed E-state index contributed by atoms with van der Waals surface area (Å²) >= 11 is 0. The van der Waals surface area contributed by atoms with Crippen molar-refractivity contribution in [2.75, 3.05) is 5.73 Å². The topological polar surface area (TPSA) is 114 Å². The number of H-pyrrole nitrogens is 2. The Labute approximate surface area is 73.0 Å². The van der Waals surface area contributed by atoms with Gasteiger partial charge in [-0.2, -0.15) is 4.98 Å². The molecule has 0 radical (unpaired) electrons. The van der Waals surface area contributed by atoms with E-state index in [0.29, 0.717) is 17.6 Å². The third-order valence-corrected chi connectivity index (χ3v) is 1.86. The number of nitrogens with two attached hydrogens (primary N) is 2. The van der Waals surface area contributed by atoms with Crippen molar-refractivity contribution in [3.63, 3.8) is 0 Å². The van der Waals surface area contributed by atoms with Crippen molar-refractivity contribution in [3.05, 3.63) is 22.1 Å². The molecule has 2 aromatic rings. The molecule has 0 unspecified atom stereocenters. The van der Waals surface area contributed by atoms with Gasteiger partial charge in [-0.05, 0) is 5.56 Å². The summed E-state index contributed by atoms with van der Waals surface area (Å²) in [7, 11) is 0. The monoisotopic (exact) mass is 179 g/mol. The minimum atomic E-state index is -0.260. The summed E-state index contributed by atoms with van der Waals surface area (Å²) in [6.07, 6.45) is 1.66. The normalized spacial score (nSPS) is 10.8. The van der Waals surface area contributed by atoms with Crippen LogP contribution in [0.5, 0.6) is 0 Å². The van der Waals surface area contributed by atoms with Crippen molar-refractivity contribution in [3.8, 4) is 0 Å². The fourth-order valence-corrected chi connectivity index (χ4v) is 1.28. The van der Waals surface area contributed by atoms with Gasteiger partial charge in [-0.15, -0.1) is 0 Å².